The third-order valence-corrected chi connectivity index (χ3v) is 3.43. The average Bonchev–Trinajstić information content (AvgIpc) is 2.53. The molecule has 122 valence electrons. The number of hydrogen-bond donors (Lipinski definition) is 1. The molecular weight excluding hydrogens is 292 g/mol. The maximum absolute atomic E-state index is 12.4. The number of nitrogens with zero attached hydrogens (tertiary/aromatic N) is 1. The molecule has 0 aliphatic heterocycles. The van der Waals surface area contributed by atoms with E-state index >= 15 is 0 Å². The maximum atomic E-state index is 12.4. The molecule has 23 heavy (non-hydrogen) atoms. The lowest BCUT2D eigenvalue weighted by molar-refractivity contribution is 0.102. The van der Waals surface area contributed by atoms with Crippen LogP contribution >= 0.6 is 0 Å². The SMILES string of the molecule is COc1ccc(C(=O)Nc2ccnc(C(C)(C)C)c2)cc1OC. The van der Waals surface area contributed by atoms with E-state index < -0.39 is 0 Å². The van der Waals surface area contributed by atoms with Gasteiger partial charge in [-0.3, -0.25) is 9.78 Å². The van der Waals surface area contributed by atoms with Crippen LogP contribution in [0.15, 0.2) is 36.5 Å². The van der Waals surface area contributed by atoms with Crippen LogP contribution in [0.2, 0.25) is 0 Å². The molecule has 0 saturated carbocycles. The zero-order valence-corrected chi connectivity index (χ0v) is 14.1. The lowest BCUT2D eigenvalue weighted by Gasteiger charge is -2.18. The highest BCUT2D eigenvalue weighted by molar-refractivity contribution is 6.04. The minimum absolute atomic E-state index is 0.0793. The third-order valence-electron chi connectivity index (χ3n) is 3.43. The fourth-order valence-corrected chi connectivity index (χ4v) is 2.10. The van der Waals surface area contributed by atoms with Crippen LogP contribution in [0.1, 0.15) is 36.8 Å². The van der Waals surface area contributed by atoms with E-state index in [-0.39, 0.29) is 11.3 Å². The monoisotopic (exact) mass is 314 g/mol. The first kappa shape index (κ1) is 16.8. The van der Waals surface area contributed by atoms with Crippen LogP contribution < -0.4 is 14.8 Å². The van der Waals surface area contributed by atoms with Crippen LogP contribution in [0.3, 0.4) is 0 Å². The Balaban J connectivity index is 2.22. The predicted octanol–water partition coefficient (Wildman–Crippen LogP) is 3.65. The number of benzene rings is 1. The summed E-state index contributed by atoms with van der Waals surface area (Å²) >= 11 is 0. The number of rotatable bonds is 4. The molecule has 0 unspecified atom stereocenters. The summed E-state index contributed by atoms with van der Waals surface area (Å²) in [6.07, 6.45) is 1.70. The number of aromatic nitrogens is 1. The first-order valence-electron chi connectivity index (χ1n) is 7.35. The van der Waals surface area contributed by atoms with Gasteiger partial charge in [0.1, 0.15) is 0 Å². The van der Waals surface area contributed by atoms with Gasteiger partial charge in [-0.25, -0.2) is 0 Å². The van der Waals surface area contributed by atoms with Crippen molar-refractivity contribution < 1.29 is 14.3 Å². The molecule has 0 aliphatic rings. The second-order valence-electron chi connectivity index (χ2n) is 6.20. The number of carbonyl (C=O) groups excluding carboxylic acids is 1. The Labute approximate surface area is 136 Å². The van der Waals surface area contributed by atoms with Crippen LogP contribution in [0, 0.1) is 0 Å². The summed E-state index contributed by atoms with van der Waals surface area (Å²) in [6, 6.07) is 8.72. The molecule has 0 aliphatic carbocycles. The second kappa shape index (κ2) is 6.69. The Hall–Kier alpha value is -2.56. The number of hydrogen-bond acceptors (Lipinski definition) is 4. The number of carbonyl (C=O) groups is 1. The lowest BCUT2D eigenvalue weighted by atomic mass is 9.91. The molecule has 0 atom stereocenters. The molecule has 2 aromatic rings. The van der Waals surface area contributed by atoms with E-state index in [2.05, 4.69) is 31.1 Å². The van der Waals surface area contributed by atoms with Gasteiger partial charge < -0.3 is 14.8 Å². The van der Waals surface area contributed by atoms with Gasteiger partial charge in [-0.2, -0.15) is 0 Å². The highest BCUT2D eigenvalue weighted by atomic mass is 16.5. The summed E-state index contributed by atoms with van der Waals surface area (Å²) in [4.78, 5) is 16.8. The van der Waals surface area contributed by atoms with Crippen molar-refractivity contribution in [1.82, 2.24) is 4.98 Å². The van der Waals surface area contributed by atoms with Gasteiger partial charge in [-0.15, -0.1) is 0 Å². The fourth-order valence-electron chi connectivity index (χ4n) is 2.10. The van der Waals surface area contributed by atoms with Crippen molar-refractivity contribution in [2.75, 3.05) is 19.5 Å². The van der Waals surface area contributed by atoms with Gasteiger partial charge in [0.05, 0.1) is 14.2 Å². The topological polar surface area (TPSA) is 60.5 Å². The molecule has 0 bridgehead atoms. The van der Waals surface area contributed by atoms with Gasteiger partial charge in [-0.05, 0) is 30.3 Å². The molecule has 0 radical (unpaired) electrons. The highest BCUT2D eigenvalue weighted by Gasteiger charge is 2.16. The highest BCUT2D eigenvalue weighted by Crippen LogP contribution is 2.28. The average molecular weight is 314 g/mol. The minimum atomic E-state index is -0.211. The summed E-state index contributed by atoms with van der Waals surface area (Å²) in [7, 11) is 3.10. The first-order chi connectivity index (χ1) is 10.8. The number of pyridine rings is 1. The summed E-state index contributed by atoms with van der Waals surface area (Å²) in [5, 5.41) is 2.88. The Morgan fingerprint density at radius 2 is 1.74 bits per heavy atom. The molecule has 1 amide bonds. The van der Waals surface area contributed by atoms with Crippen LogP contribution in [-0.2, 0) is 5.41 Å². The standard InChI is InChI=1S/C18H22N2O3/c1-18(2,3)16-11-13(8-9-19-16)20-17(21)12-6-7-14(22-4)15(10-12)23-5/h6-11H,1-5H3,(H,19,20,21). The zero-order valence-electron chi connectivity index (χ0n) is 14.1. The van der Waals surface area contributed by atoms with Gasteiger partial charge in [0, 0.05) is 28.6 Å². The second-order valence-corrected chi connectivity index (χ2v) is 6.20. The van der Waals surface area contributed by atoms with Crippen LogP contribution in [0.5, 0.6) is 11.5 Å². The molecule has 0 fully saturated rings. The maximum Gasteiger partial charge on any atom is 0.255 e. The van der Waals surface area contributed by atoms with Crippen molar-refractivity contribution in [1.29, 1.82) is 0 Å². The molecule has 1 aromatic heterocycles. The van der Waals surface area contributed by atoms with Crippen molar-refractivity contribution >= 4 is 11.6 Å². The Kier molecular flexibility index (Phi) is 4.89. The van der Waals surface area contributed by atoms with Crippen LogP contribution in [-0.4, -0.2) is 25.1 Å². The van der Waals surface area contributed by atoms with E-state index in [4.69, 9.17) is 9.47 Å². The zero-order chi connectivity index (χ0) is 17.0. The van der Waals surface area contributed by atoms with Crippen molar-refractivity contribution in [3.8, 4) is 11.5 Å². The van der Waals surface area contributed by atoms with E-state index in [1.54, 1.807) is 37.6 Å². The largest absolute Gasteiger partial charge is 0.493 e. The molecule has 1 N–H and O–H groups in total. The van der Waals surface area contributed by atoms with Gasteiger partial charge in [0.2, 0.25) is 0 Å². The molecular formula is C18H22N2O3. The lowest BCUT2D eigenvalue weighted by Crippen LogP contribution is -2.16. The molecule has 5 heteroatoms. The van der Waals surface area contributed by atoms with Gasteiger partial charge >= 0.3 is 0 Å². The van der Waals surface area contributed by atoms with E-state index in [0.29, 0.717) is 22.7 Å². The quantitative estimate of drug-likeness (QED) is 0.936. The van der Waals surface area contributed by atoms with Gasteiger partial charge in [0.25, 0.3) is 5.91 Å². The normalized spacial score (nSPS) is 11.0. The third kappa shape index (κ3) is 4.00. The summed E-state index contributed by atoms with van der Waals surface area (Å²) in [5.74, 6) is 0.894. The number of amides is 1. The predicted molar refractivity (Wildman–Crippen MR) is 90.4 cm³/mol. The first-order valence-corrected chi connectivity index (χ1v) is 7.35. The molecule has 2 rings (SSSR count). The van der Waals surface area contributed by atoms with Crippen LogP contribution in [0.25, 0.3) is 0 Å². The number of nitrogens with one attached hydrogen (secondary N) is 1. The summed E-state index contributed by atoms with van der Waals surface area (Å²) < 4.78 is 10.4. The minimum Gasteiger partial charge on any atom is -0.493 e. The van der Waals surface area contributed by atoms with Gasteiger partial charge in [-0.1, -0.05) is 20.8 Å². The molecule has 0 saturated heterocycles. The smallest absolute Gasteiger partial charge is 0.255 e. The Morgan fingerprint density at radius 1 is 1.04 bits per heavy atom. The summed E-state index contributed by atoms with van der Waals surface area (Å²) in [5.41, 5.74) is 2.05. The summed E-state index contributed by atoms with van der Waals surface area (Å²) in [6.45, 7) is 6.24. The van der Waals surface area contributed by atoms with E-state index in [9.17, 15) is 4.79 Å². The Bertz CT molecular complexity index is 706. The van der Waals surface area contributed by atoms with Crippen LogP contribution in [0.4, 0.5) is 5.69 Å². The van der Waals surface area contributed by atoms with Crippen molar-refractivity contribution in [3.63, 3.8) is 0 Å². The number of ether oxygens (including phenoxy) is 2. The van der Waals surface area contributed by atoms with Crippen molar-refractivity contribution in [2.45, 2.75) is 26.2 Å². The van der Waals surface area contributed by atoms with Crippen molar-refractivity contribution in [3.05, 3.63) is 47.8 Å². The van der Waals surface area contributed by atoms with Gasteiger partial charge in [0.15, 0.2) is 11.5 Å². The number of methoxy groups -OCH3 is 2. The molecule has 1 aromatic carbocycles. The van der Waals surface area contributed by atoms with E-state index in [1.807, 2.05) is 6.07 Å². The number of anilines is 1. The van der Waals surface area contributed by atoms with E-state index in [0.717, 1.165) is 5.69 Å². The fraction of sp³-hybridized carbons (Fsp3) is 0.333. The van der Waals surface area contributed by atoms with Crippen molar-refractivity contribution in [2.24, 2.45) is 0 Å². The molecule has 0 spiro atoms. The molecule has 1 heterocycles. The Morgan fingerprint density at radius 3 is 2.35 bits per heavy atom. The van der Waals surface area contributed by atoms with E-state index in [1.165, 1.54) is 7.11 Å². The molecule has 5 nitrogen and oxygen atoms in total.